The molecule has 0 saturated heterocycles. The van der Waals surface area contributed by atoms with E-state index in [1.54, 1.807) is 0 Å². The molecule has 0 radical (unpaired) electrons. The van der Waals surface area contributed by atoms with Crippen LogP contribution in [0, 0.1) is 39.0 Å². The zero-order valence-corrected chi connectivity index (χ0v) is 25.2. The standard InChI is InChI=1S/C40H30N4/c1-24-5-11-36-31(17-24)32-18-25(2)6-12-37(32)43(36)29-10-9-28(22-41)30(21-29)35-23-42-16-15-40(35)44-38-13-7-26(3)19-33(38)34-20-27(4)8-14-39(34)44/h5-21,23H,1-4H3. The zero-order chi connectivity index (χ0) is 30.1. The lowest BCUT2D eigenvalue weighted by Gasteiger charge is -2.16. The largest absolute Gasteiger partial charge is 0.309 e. The molecule has 8 aromatic rings. The minimum absolute atomic E-state index is 0.614. The van der Waals surface area contributed by atoms with E-state index in [-0.39, 0.29) is 0 Å². The highest BCUT2D eigenvalue weighted by atomic mass is 15.0. The van der Waals surface area contributed by atoms with Gasteiger partial charge >= 0.3 is 0 Å². The fraction of sp³-hybridized carbons (Fsp3) is 0.100. The van der Waals surface area contributed by atoms with E-state index in [0.29, 0.717) is 5.56 Å². The van der Waals surface area contributed by atoms with Gasteiger partial charge in [-0.05, 0) is 100 Å². The van der Waals surface area contributed by atoms with Gasteiger partial charge in [0.1, 0.15) is 0 Å². The molecule has 0 amide bonds. The van der Waals surface area contributed by atoms with Crippen molar-refractivity contribution in [1.29, 1.82) is 5.26 Å². The molecule has 0 unspecified atom stereocenters. The molecule has 0 fully saturated rings. The van der Waals surface area contributed by atoms with Gasteiger partial charge in [-0.1, -0.05) is 46.5 Å². The molecule has 0 saturated carbocycles. The van der Waals surface area contributed by atoms with Crippen molar-refractivity contribution in [3.05, 3.63) is 137 Å². The number of fused-ring (bicyclic) bond motifs is 6. The summed E-state index contributed by atoms with van der Waals surface area (Å²) in [6.45, 7) is 8.55. The number of benzene rings is 5. The van der Waals surface area contributed by atoms with Gasteiger partial charge in [-0.2, -0.15) is 5.26 Å². The summed E-state index contributed by atoms with van der Waals surface area (Å²) in [6.07, 6.45) is 3.74. The van der Waals surface area contributed by atoms with Crippen LogP contribution in [0.15, 0.2) is 109 Å². The molecule has 0 aliphatic heterocycles. The van der Waals surface area contributed by atoms with E-state index in [0.717, 1.165) is 44.6 Å². The van der Waals surface area contributed by atoms with Crippen LogP contribution in [0.3, 0.4) is 0 Å². The number of pyridine rings is 1. The van der Waals surface area contributed by atoms with E-state index in [2.05, 4.69) is 139 Å². The van der Waals surface area contributed by atoms with Gasteiger partial charge in [-0.3, -0.25) is 4.98 Å². The van der Waals surface area contributed by atoms with Gasteiger partial charge in [0.15, 0.2) is 0 Å². The molecule has 44 heavy (non-hydrogen) atoms. The second-order valence-corrected chi connectivity index (χ2v) is 12.0. The number of nitrogens with zero attached hydrogens (tertiary/aromatic N) is 4. The molecular formula is C40H30N4. The fourth-order valence-electron chi connectivity index (χ4n) is 6.82. The average molecular weight is 567 g/mol. The van der Waals surface area contributed by atoms with Gasteiger partial charge in [0.2, 0.25) is 0 Å². The quantitative estimate of drug-likeness (QED) is 0.214. The number of aryl methyl sites for hydroxylation is 4. The van der Waals surface area contributed by atoms with Gasteiger partial charge in [-0.25, -0.2) is 0 Å². The van der Waals surface area contributed by atoms with Crippen LogP contribution in [0.2, 0.25) is 0 Å². The number of aromatic nitrogens is 3. The average Bonchev–Trinajstić information content (AvgIpc) is 3.51. The van der Waals surface area contributed by atoms with Crippen LogP contribution in [-0.2, 0) is 0 Å². The third-order valence-corrected chi connectivity index (χ3v) is 8.86. The SMILES string of the molecule is Cc1ccc2c(c1)c1cc(C)ccc1n2-c1ccc(C#N)c(-c2cnccc2-n2c3ccc(C)cc3c3cc(C)ccc32)c1. The second kappa shape index (κ2) is 9.69. The third-order valence-electron chi connectivity index (χ3n) is 8.86. The number of hydrogen-bond donors (Lipinski definition) is 0. The Bertz CT molecular complexity index is 2380. The topological polar surface area (TPSA) is 46.5 Å². The molecule has 0 aliphatic carbocycles. The van der Waals surface area contributed by atoms with Crippen LogP contribution >= 0.6 is 0 Å². The molecule has 3 aromatic heterocycles. The Morgan fingerprint density at radius 3 is 1.48 bits per heavy atom. The van der Waals surface area contributed by atoms with E-state index in [9.17, 15) is 5.26 Å². The molecule has 0 aliphatic rings. The molecule has 3 heterocycles. The first-order chi connectivity index (χ1) is 21.4. The first kappa shape index (κ1) is 26.0. The van der Waals surface area contributed by atoms with E-state index >= 15 is 0 Å². The van der Waals surface area contributed by atoms with Crippen molar-refractivity contribution in [2.45, 2.75) is 27.7 Å². The summed E-state index contributed by atoms with van der Waals surface area (Å²) in [7, 11) is 0. The predicted molar refractivity (Wildman–Crippen MR) is 182 cm³/mol. The van der Waals surface area contributed by atoms with Crippen molar-refractivity contribution in [3.63, 3.8) is 0 Å². The van der Waals surface area contributed by atoms with Crippen molar-refractivity contribution < 1.29 is 0 Å². The molecule has 4 heteroatoms. The smallest absolute Gasteiger partial charge is 0.0998 e. The summed E-state index contributed by atoms with van der Waals surface area (Å²) < 4.78 is 4.64. The number of nitriles is 1. The Morgan fingerprint density at radius 1 is 0.523 bits per heavy atom. The van der Waals surface area contributed by atoms with Crippen molar-refractivity contribution >= 4 is 43.6 Å². The van der Waals surface area contributed by atoms with Crippen LogP contribution in [0.4, 0.5) is 0 Å². The predicted octanol–water partition coefficient (Wildman–Crippen LogP) is 10.0. The summed E-state index contributed by atoms with van der Waals surface area (Å²) >= 11 is 0. The van der Waals surface area contributed by atoms with Gasteiger partial charge in [0, 0.05) is 50.8 Å². The summed E-state index contributed by atoms with van der Waals surface area (Å²) in [5.41, 5.74) is 13.9. The highest BCUT2D eigenvalue weighted by molar-refractivity contribution is 6.11. The molecular weight excluding hydrogens is 536 g/mol. The minimum atomic E-state index is 0.614. The van der Waals surface area contributed by atoms with E-state index < -0.39 is 0 Å². The molecule has 0 spiro atoms. The summed E-state index contributed by atoms with van der Waals surface area (Å²) in [5, 5.41) is 15.2. The fourth-order valence-corrected chi connectivity index (χ4v) is 6.82. The lowest BCUT2D eigenvalue weighted by molar-refractivity contribution is 1.15. The molecule has 8 rings (SSSR count). The van der Waals surface area contributed by atoms with Gasteiger partial charge in [-0.15, -0.1) is 0 Å². The minimum Gasteiger partial charge on any atom is -0.309 e. The Hall–Kier alpha value is -5.66. The third kappa shape index (κ3) is 3.87. The first-order valence-corrected chi connectivity index (χ1v) is 14.9. The van der Waals surface area contributed by atoms with Crippen LogP contribution < -0.4 is 0 Å². The molecule has 0 atom stereocenters. The van der Waals surface area contributed by atoms with Crippen molar-refractivity contribution in [1.82, 2.24) is 14.1 Å². The second-order valence-electron chi connectivity index (χ2n) is 12.0. The maximum absolute atomic E-state index is 10.3. The Kier molecular flexibility index (Phi) is 5.73. The van der Waals surface area contributed by atoms with Crippen LogP contribution in [-0.4, -0.2) is 14.1 Å². The van der Waals surface area contributed by atoms with E-state index in [4.69, 9.17) is 0 Å². The molecule has 5 aromatic carbocycles. The normalized spacial score (nSPS) is 11.6. The van der Waals surface area contributed by atoms with E-state index in [1.165, 1.54) is 43.8 Å². The monoisotopic (exact) mass is 566 g/mol. The Morgan fingerprint density at radius 2 is 1.00 bits per heavy atom. The summed E-state index contributed by atoms with van der Waals surface area (Å²) in [6, 6.07) is 37.2. The molecule has 0 bridgehead atoms. The van der Waals surface area contributed by atoms with Crippen molar-refractivity contribution in [3.8, 4) is 28.6 Å². The molecule has 4 nitrogen and oxygen atoms in total. The van der Waals surface area contributed by atoms with Crippen LogP contribution in [0.5, 0.6) is 0 Å². The maximum atomic E-state index is 10.3. The molecule has 0 N–H and O–H groups in total. The van der Waals surface area contributed by atoms with Crippen LogP contribution in [0.25, 0.3) is 66.1 Å². The Balaban J connectivity index is 1.43. The number of hydrogen-bond acceptors (Lipinski definition) is 2. The number of rotatable bonds is 3. The zero-order valence-electron chi connectivity index (χ0n) is 25.2. The van der Waals surface area contributed by atoms with Gasteiger partial charge < -0.3 is 9.13 Å². The van der Waals surface area contributed by atoms with Crippen molar-refractivity contribution in [2.24, 2.45) is 0 Å². The highest BCUT2D eigenvalue weighted by Crippen LogP contribution is 2.39. The lowest BCUT2D eigenvalue weighted by atomic mass is 9.99. The molecule has 210 valence electrons. The summed E-state index contributed by atoms with van der Waals surface area (Å²) in [4.78, 5) is 4.58. The summed E-state index contributed by atoms with van der Waals surface area (Å²) in [5.74, 6) is 0. The lowest BCUT2D eigenvalue weighted by Crippen LogP contribution is -2.01. The van der Waals surface area contributed by atoms with E-state index in [1.807, 2.05) is 18.5 Å². The Labute approximate surface area is 256 Å². The van der Waals surface area contributed by atoms with Crippen LogP contribution in [0.1, 0.15) is 27.8 Å². The van der Waals surface area contributed by atoms with Gasteiger partial charge in [0.05, 0.1) is 39.4 Å². The maximum Gasteiger partial charge on any atom is 0.0998 e. The first-order valence-electron chi connectivity index (χ1n) is 14.9. The van der Waals surface area contributed by atoms with Crippen molar-refractivity contribution in [2.75, 3.05) is 0 Å². The van der Waals surface area contributed by atoms with Gasteiger partial charge in [0.25, 0.3) is 0 Å². The highest BCUT2D eigenvalue weighted by Gasteiger charge is 2.20.